The zero-order valence-corrected chi connectivity index (χ0v) is 7.88. The molecule has 0 spiro atoms. The molecule has 0 bridgehead atoms. The van der Waals surface area contributed by atoms with Gasteiger partial charge in [0.2, 0.25) is 0 Å². The number of allylic oxidation sites excluding steroid dienone is 1. The van der Waals surface area contributed by atoms with Crippen LogP contribution in [0.4, 0.5) is 0 Å². The molecule has 0 heterocycles. The van der Waals surface area contributed by atoms with Gasteiger partial charge >= 0.3 is 5.97 Å². The van der Waals surface area contributed by atoms with E-state index in [1.807, 2.05) is 0 Å². The van der Waals surface area contributed by atoms with Crippen molar-refractivity contribution in [3.8, 4) is 5.75 Å². The van der Waals surface area contributed by atoms with E-state index in [0.29, 0.717) is 11.8 Å². The van der Waals surface area contributed by atoms with Crippen molar-refractivity contribution in [3.63, 3.8) is 0 Å². The summed E-state index contributed by atoms with van der Waals surface area (Å²) in [6.45, 7) is 0. The summed E-state index contributed by atoms with van der Waals surface area (Å²) in [6.07, 6.45) is 4.01. The van der Waals surface area contributed by atoms with Crippen molar-refractivity contribution in [2.24, 2.45) is 0 Å². The average molecular weight is 206 g/mol. The van der Waals surface area contributed by atoms with Gasteiger partial charge in [-0.05, 0) is 18.2 Å². The molecule has 2 N–H and O–H groups in total. The second-order valence-corrected chi connectivity index (χ2v) is 2.88. The third-order valence-electron chi connectivity index (χ3n) is 1.80. The zero-order chi connectivity index (χ0) is 11.3. The number of carboxylic acids is 1. The van der Waals surface area contributed by atoms with Gasteiger partial charge in [0.05, 0.1) is 5.56 Å². The van der Waals surface area contributed by atoms with Crippen LogP contribution < -0.4 is 0 Å². The summed E-state index contributed by atoms with van der Waals surface area (Å²) in [5.41, 5.74) is 0.482. The molecule has 1 rings (SSSR count). The number of phenolic OH excluding ortho intramolecular Hbond substituents is 1. The molecule has 0 fully saturated rings. The number of carboxylic acid groups (broad SMARTS) is 1. The van der Waals surface area contributed by atoms with Crippen LogP contribution in [0.15, 0.2) is 24.3 Å². The SMILES string of the molecule is O=CCC=Cc1cc(C(=O)O)ccc1O. The molecular weight excluding hydrogens is 196 g/mol. The normalized spacial score (nSPS) is 10.4. The van der Waals surface area contributed by atoms with Gasteiger partial charge < -0.3 is 15.0 Å². The first-order valence-electron chi connectivity index (χ1n) is 4.31. The van der Waals surface area contributed by atoms with Crippen LogP contribution in [0.1, 0.15) is 22.3 Å². The number of hydrogen-bond donors (Lipinski definition) is 2. The third kappa shape index (κ3) is 2.95. The number of aldehydes is 1. The highest BCUT2D eigenvalue weighted by Gasteiger charge is 2.05. The van der Waals surface area contributed by atoms with Gasteiger partial charge in [0.1, 0.15) is 12.0 Å². The number of phenols is 1. The van der Waals surface area contributed by atoms with E-state index >= 15 is 0 Å². The summed E-state index contributed by atoms with van der Waals surface area (Å²) in [5.74, 6) is -1.07. The molecule has 4 heteroatoms. The lowest BCUT2D eigenvalue weighted by molar-refractivity contribution is -0.107. The van der Waals surface area contributed by atoms with E-state index in [9.17, 15) is 14.7 Å². The molecule has 0 saturated heterocycles. The Kier molecular flexibility index (Phi) is 3.62. The van der Waals surface area contributed by atoms with Gasteiger partial charge in [0, 0.05) is 12.0 Å². The maximum atomic E-state index is 10.6. The first kappa shape index (κ1) is 11.0. The molecule has 0 saturated carbocycles. The number of aromatic carboxylic acids is 1. The number of hydrogen-bond acceptors (Lipinski definition) is 3. The lowest BCUT2D eigenvalue weighted by atomic mass is 10.1. The molecule has 4 nitrogen and oxygen atoms in total. The Labute approximate surface area is 86.5 Å². The van der Waals surface area contributed by atoms with E-state index in [1.165, 1.54) is 24.3 Å². The smallest absolute Gasteiger partial charge is 0.335 e. The number of rotatable bonds is 4. The molecule has 78 valence electrons. The number of benzene rings is 1. The molecular formula is C11H10O4. The quantitative estimate of drug-likeness (QED) is 0.735. The fourth-order valence-corrected chi connectivity index (χ4v) is 1.07. The zero-order valence-electron chi connectivity index (χ0n) is 7.88. The fraction of sp³-hybridized carbons (Fsp3) is 0.0909. The van der Waals surface area contributed by atoms with Crippen LogP contribution in [-0.4, -0.2) is 22.5 Å². The molecule has 1 aromatic rings. The first-order valence-corrected chi connectivity index (χ1v) is 4.31. The molecule has 0 aliphatic rings. The molecule has 0 aliphatic carbocycles. The lowest BCUT2D eigenvalue weighted by Gasteiger charge is -2.00. The summed E-state index contributed by atoms with van der Waals surface area (Å²) in [4.78, 5) is 20.7. The van der Waals surface area contributed by atoms with Crippen LogP contribution in [0.25, 0.3) is 6.08 Å². The second kappa shape index (κ2) is 4.95. The van der Waals surface area contributed by atoms with Gasteiger partial charge in [0.15, 0.2) is 0 Å². The minimum absolute atomic E-state index is 0.0119. The maximum Gasteiger partial charge on any atom is 0.335 e. The number of carbonyl (C=O) groups excluding carboxylic acids is 1. The standard InChI is InChI=1S/C11H10O4/c12-6-2-1-3-8-7-9(11(14)15)4-5-10(8)13/h1,3-7,13H,2H2,(H,14,15). The van der Waals surface area contributed by atoms with Gasteiger partial charge in [-0.2, -0.15) is 0 Å². The Morgan fingerprint density at radius 2 is 2.13 bits per heavy atom. The highest BCUT2D eigenvalue weighted by molar-refractivity contribution is 5.88. The van der Waals surface area contributed by atoms with Crippen molar-refractivity contribution in [2.45, 2.75) is 6.42 Å². The van der Waals surface area contributed by atoms with Gasteiger partial charge in [-0.15, -0.1) is 0 Å². The maximum absolute atomic E-state index is 10.6. The highest BCUT2D eigenvalue weighted by Crippen LogP contribution is 2.20. The van der Waals surface area contributed by atoms with Crippen molar-refractivity contribution in [1.29, 1.82) is 0 Å². The van der Waals surface area contributed by atoms with Gasteiger partial charge in [0.25, 0.3) is 0 Å². The average Bonchev–Trinajstić information content (AvgIpc) is 2.20. The van der Waals surface area contributed by atoms with E-state index in [1.54, 1.807) is 6.08 Å². The molecule has 0 unspecified atom stereocenters. The summed E-state index contributed by atoms with van der Waals surface area (Å²) < 4.78 is 0. The van der Waals surface area contributed by atoms with E-state index in [0.717, 1.165) is 0 Å². The van der Waals surface area contributed by atoms with Gasteiger partial charge in [-0.1, -0.05) is 12.2 Å². The van der Waals surface area contributed by atoms with Gasteiger partial charge in [-0.3, -0.25) is 0 Å². The van der Waals surface area contributed by atoms with Crippen LogP contribution in [-0.2, 0) is 4.79 Å². The predicted molar refractivity (Wildman–Crippen MR) is 54.8 cm³/mol. The van der Waals surface area contributed by atoms with Gasteiger partial charge in [-0.25, -0.2) is 4.79 Å². The summed E-state index contributed by atoms with van der Waals surface area (Å²) in [5, 5.41) is 18.1. The molecule has 15 heavy (non-hydrogen) atoms. The first-order chi connectivity index (χ1) is 7.15. The lowest BCUT2D eigenvalue weighted by Crippen LogP contribution is -1.95. The van der Waals surface area contributed by atoms with Crippen LogP contribution in [0.5, 0.6) is 5.75 Å². The van der Waals surface area contributed by atoms with Crippen LogP contribution in [0.3, 0.4) is 0 Å². The van der Waals surface area contributed by atoms with Crippen molar-refractivity contribution < 1.29 is 19.8 Å². The van der Waals surface area contributed by atoms with E-state index in [4.69, 9.17) is 5.11 Å². The van der Waals surface area contributed by atoms with E-state index in [-0.39, 0.29) is 17.7 Å². The van der Waals surface area contributed by atoms with E-state index in [2.05, 4.69) is 0 Å². The monoisotopic (exact) mass is 206 g/mol. The highest BCUT2D eigenvalue weighted by atomic mass is 16.4. The molecule has 0 atom stereocenters. The molecule has 0 aliphatic heterocycles. The van der Waals surface area contributed by atoms with Crippen molar-refractivity contribution >= 4 is 18.3 Å². The molecule has 0 radical (unpaired) electrons. The minimum atomic E-state index is -1.06. The predicted octanol–water partition coefficient (Wildman–Crippen LogP) is 1.69. The largest absolute Gasteiger partial charge is 0.507 e. The third-order valence-corrected chi connectivity index (χ3v) is 1.80. The minimum Gasteiger partial charge on any atom is -0.507 e. The van der Waals surface area contributed by atoms with Crippen LogP contribution in [0.2, 0.25) is 0 Å². The Hall–Kier alpha value is -2.10. The summed E-state index contributed by atoms with van der Waals surface area (Å²) >= 11 is 0. The number of aromatic hydroxyl groups is 1. The molecule has 0 amide bonds. The Bertz CT molecular complexity index is 407. The molecule has 1 aromatic carbocycles. The van der Waals surface area contributed by atoms with Crippen LogP contribution in [0, 0.1) is 0 Å². The summed E-state index contributed by atoms with van der Waals surface area (Å²) in [6, 6.07) is 3.97. The Balaban J connectivity index is 3.00. The van der Waals surface area contributed by atoms with Crippen molar-refractivity contribution in [3.05, 3.63) is 35.4 Å². The Morgan fingerprint density at radius 3 is 2.73 bits per heavy atom. The fourth-order valence-electron chi connectivity index (χ4n) is 1.07. The number of carbonyl (C=O) groups is 2. The summed E-state index contributed by atoms with van der Waals surface area (Å²) in [7, 11) is 0. The van der Waals surface area contributed by atoms with Crippen LogP contribution >= 0.6 is 0 Å². The van der Waals surface area contributed by atoms with Crippen molar-refractivity contribution in [1.82, 2.24) is 0 Å². The molecule has 0 aromatic heterocycles. The topological polar surface area (TPSA) is 74.6 Å². The van der Waals surface area contributed by atoms with Crippen molar-refractivity contribution in [2.75, 3.05) is 0 Å². The second-order valence-electron chi connectivity index (χ2n) is 2.88. The Morgan fingerprint density at radius 1 is 1.40 bits per heavy atom. The van der Waals surface area contributed by atoms with E-state index < -0.39 is 5.97 Å².